The Morgan fingerprint density at radius 3 is 2.48 bits per heavy atom. The average Bonchev–Trinajstić information content (AvgIpc) is 3.16. The van der Waals surface area contributed by atoms with Crippen LogP contribution in [0.5, 0.6) is 0 Å². The quantitative estimate of drug-likeness (QED) is 0.704. The molecule has 29 heavy (non-hydrogen) atoms. The van der Waals surface area contributed by atoms with Gasteiger partial charge < -0.3 is 20.3 Å². The normalized spacial score (nSPS) is 27.8. The lowest BCUT2D eigenvalue weighted by atomic mass is 10.0. The second-order valence-corrected chi connectivity index (χ2v) is 8.12. The number of nitrogens with zero attached hydrogens (tertiary/aromatic N) is 1. The van der Waals surface area contributed by atoms with Crippen molar-refractivity contribution < 1.29 is 23.9 Å². The molecule has 0 unspecified atom stereocenters. The largest absolute Gasteiger partial charge is 0.450 e. The molecule has 0 aliphatic carbocycles. The van der Waals surface area contributed by atoms with E-state index < -0.39 is 41.5 Å². The maximum atomic E-state index is 13.3. The van der Waals surface area contributed by atoms with Gasteiger partial charge in [0, 0.05) is 13.0 Å². The first-order valence-corrected chi connectivity index (χ1v) is 9.87. The molecule has 3 atom stereocenters. The van der Waals surface area contributed by atoms with Gasteiger partial charge in [0.25, 0.3) is 5.91 Å². The van der Waals surface area contributed by atoms with E-state index in [0.717, 1.165) is 5.56 Å². The van der Waals surface area contributed by atoms with Crippen molar-refractivity contribution in [2.45, 2.75) is 63.8 Å². The van der Waals surface area contributed by atoms with E-state index in [9.17, 15) is 19.2 Å². The summed E-state index contributed by atoms with van der Waals surface area (Å²) in [5, 5.41) is 5.26. The average molecular weight is 401 g/mol. The highest BCUT2D eigenvalue weighted by Gasteiger charge is 2.42. The monoisotopic (exact) mass is 401 g/mol. The van der Waals surface area contributed by atoms with Crippen LogP contribution in [0.1, 0.15) is 39.2 Å². The van der Waals surface area contributed by atoms with E-state index >= 15 is 0 Å². The molecule has 2 heterocycles. The number of hydrogen-bond donors (Lipinski definition) is 2. The van der Waals surface area contributed by atoms with Crippen LogP contribution in [-0.4, -0.2) is 58.9 Å². The number of carbonyl (C=O) groups is 4. The summed E-state index contributed by atoms with van der Waals surface area (Å²) in [6, 6.07) is 7.72. The highest BCUT2D eigenvalue weighted by atomic mass is 16.6. The summed E-state index contributed by atoms with van der Waals surface area (Å²) in [5.41, 5.74) is -0.518. The Balaban J connectivity index is 1.95. The minimum Gasteiger partial charge on any atom is -0.450 e. The molecule has 2 fully saturated rings. The number of cyclic esters (lactones) is 1. The molecule has 0 aromatic heterocycles. The van der Waals surface area contributed by atoms with Crippen LogP contribution in [0.2, 0.25) is 0 Å². The molecule has 2 aliphatic rings. The van der Waals surface area contributed by atoms with Crippen LogP contribution in [0.25, 0.3) is 0 Å². The lowest BCUT2D eigenvalue weighted by Gasteiger charge is -2.33. The lowest BCUT2D eigenvalue weighted by molar-refractivity contribution is -0.167. The highest BCUT2D eigenvalue weighted by molar-refractivity contribution is 5.96. The van der Waals surface area contributed by atoms with Gasteiger partial charge in [-0.05, 0) is 39.2 Å². The fourth-order valence-corrected chi connectivity index (χ4v) is 3.61. The number of fused-ring (bicyclic) bond motifs is 1. The van der Waals surface area contributed by atoms with Crippen molar-refractivity contribution in [1.82, 2.24) is 15.5 Å². The minimum absolute atomic E-state index is 0.191. The number of rotatable bonds is 2. The van der Waals surface area contributed by atoms with Gasteiger partial charge in [-0.1, -0.05) is 30.3 Å². The number of amides is 3. The molecule has 1 aromatic rings. The van der Waals surface area contributed by atoms with Gasteiger partial charge in [0.2, 0.25) is 11.8 Å². The zero-order valence-electron chi connectivity index (χ0n) is 16.9. The first-order valence-electron chi connectivity index (χ1n) is 9.87. The number of ether oxygens (including phenoxy) is 1. The maximum Gasteiger partial charge on any atom is 0.332 e. The second-order valence-electron chi connectivity index (χ2n) is 8.12. The minimum atomic E-state index is -1.35. The highest BCUT2D eigenvalue weighted by Crippen LogP contribution is 2.22. The molecule has 156 valence electrons. The van der Waals surface area contributed by atoms with Crippen molar-refractivity contribution in [3.8, 4) is 0 Å². The zero-order chi connectivity index (χ0) is 21.2. The summed E-state index contributed by atoms with van der Waals surface area (Å²) < 4.78 is 5.61. The van der Waals surface area contributed by atoms with E-state index in [0.29, 0.717) is 19.4 Å². The molecule has 2 N–H and O–H groups in total. The van der Waals surface area contributed by atoms with E-state index in [2.05, 4.69) is 10.6 Å². The van der Waals surface area contributed by atoms with Crippen molar-refractivity contribution >= 4 is 23.7 Å². The Kier molecular flexibility index (Phi) is 5.91. The second kappa shape index (κ2) is 8.23. The summed E-state index contributed by atoms with van der Waals surface area (Å²) in [6.45, 7) is 4.97. The molecule has 0 bridgehead atoms. The van der Waals surface area contributed by atoms with Crippen LogP contribution in [0, 0.1) is 0 Å². The van der Waals surface area contributed by atoms with Gasteiger partial charge in [-0.15, -0.1) is 0 Å². The van der Waals surface area contributed by atoms with E-state index in [-0.39, 0.29) is 12.3 Å². The van der Waals surface area contributed by atoms with E-state index in [1.54, 1.807) is 6.92 Å². The lowest BCUT2D eigenvalue weighted by Crippen LogP contribution is -2.60. The van der Waals surface area contributed by atoms with Crippen LogP contribution in [0.4, 0.5) is 0 Å². The van der Waals surface area contributed by atoms with Crippen LogP contribution in [-0.2, 0) is 30.3 Å². The summed E-state index contributed by atoms with van der Waals surface area (Å²) in [7, 11) is 0. The van der Waals surface area contributed by atoms with E-state index in [4.69, 9.17) is 4.74 Å². The maximum absolute atomic E-state index is 13.3. The molecule has 2 saturated heterocycles. The summed E-state index contributed by atoms with van der Waals surface area (Å²) >= 11 is 0. The zero-order valence-corrected chi connectivity index (χ0v) is 16.9. The Hall–Kier alpha value is -2.90. The van der Waals surface area contributed by atoms with Crippen LogP contribution < -0.4 is 10.6 Å². The number of carbonyl (C=O) groups excluding carboxylic acids is 4. The predicted molar refractivity (Wildman–Crippen MR) is 105 cm³/mol. The molecule has 0 radical (unpaired) electrons. The third kappa shape index (κ3) is 4.58. The van der Waals surface area contributed by atoms with Gasteiger partial charge in [0.1, 0.15) is 17.6 Å². The Labute approximate surface area is 170 Å². The van der Waals surface area contributed by atoms with Crippen molar-refractivity contribution in [3.63, 3.8) is 0 Å². The molecular formula is C21H27N3O5. The third-order valence-electron chi connectivity index (χ3n) is 5.33. The molecule has 2 aliphatic heterocycles. The van der Waals surface area contributed by atoms with Crippen molar-refractivity contribution in [2.24, 2.45) is 0 Å². The van der Waals surface area contributed by atoms with E-state index in [1.807, 2.05) is 30.3 Å². The molecule has 8 heteroatoms. The van der Waals surface area contributed by atoms with E-state index in [1.165, 1.54) is 18.7 Å². The first-order chi connectivity index (χ1) is 13.7. The van der Waals surface area contributed by atoms with Gasteiger partial charge in [-0.2, -0.15) is 0 Å². The molecule has 3 amide bonds. The van der Waals surface area contributed by atoms with Crippen LogP contribution in [0.15, 0.2) is 30.3 Å². The molecule has 0 saturated carbocycles. The predicted octanol–water partition coefficient (Wildman–Crippen LogP) is 0.545. The van der Waals surface area contributed by atoms with Crippen molar-refractivity contribution in [3.05, 3.63) is 35.9 Å². The Bertz CT molecular complexity index is 808. The molecule has 1 aromatic carbocycles. The van der Waals surface area contributed by atoms with Gasteiger partial charge in [-0.25, -0.2) is 4.79 Å². The van der Waals surface area contributed by atoms with Gasteiger partial charge in [-0.3, -0.25) is 14.4 Å². The van der Waals surface area contributed by atoms with Crippen molar-refractivity contribution in [1.29, 1.82) is 0 Å². The van der Waals surface area contributed by atoms with Crippen molar-refractivity contribution in [2.75, 3.05) is 6.54 Å². The number of nitrogens with one attached hydrogen (secondary N) is 2. The number of benzene rings is 1. The summed E-state index contributed by atoms with van der Waals surface area (Å²) in [5.74, 6) is -1.96. The SMILES string of the molecule is C[C@@H]1NC(=O)[C@H]2CCCN2C(=O)[C@H](Cc2ccccc2)OC(=O)C(C)(C)NC1=O. The van der Waals surface area contributed by atoms with Gasteiger partial charge >= 0.3 is 5.97 Å². The molecular weight excluding hydrogens is 374 g/mol. The molecule has 3 rings (SSSR count). The Morgan fingerprint density at radius 2 is 1.79 bits per heavy atom. The Morgan fingerprint density at radius 1 is 1.10 bits per heavy atom. The smallest absolute Gasteiger partial charge is 0.332 e. The standard InChI is InChI=1S/C21H27N3O5/c1-13-17(25)23-21(2,3)20(28)29-16(12-14-8-5-4-6-9-14)19(27)24-11-7-10-15(24)18(26)22-13/h4-6,8-9,13,15-16H,7,10-12H2,1-3H3,(H,22,26)(H,23,25)/t13-,15+,16-/m0/s1. The third-order valence-corrected chi connectivity index (χ3v) is 5.33. The molecule has 8 nitrogen and oxygen atoms in total. The number of hydrogen-bond acceptors (Lipinski definition) is 5. The van der Waals surface area contributed by atoms with Crippen LogP contribution in [0.3, 0.4) is 0 Å². The topological polar surface area (TPSA) is 105 Å². The summed E-state index contributed by atoms with van der Waals surface area (Å²) in [4.78, 5) is 52.7. The van der Waals surface area contributed by atoms with Crippen LogP contribution >= 0.6 is 0 Å². The molecule has 0 spiro atoms. The van der Waals surface area contributed by atoms with Gasteiger partial charge in [0.15, 0.2) is 6.10 Å². The number of esters is 1. The first kappa shape index (κ1) is 20.8. The fourth-order valence-electron chi connectivity index (χ4n) is 3.61. The fraction of sp³-hybridized carbons (Fsp3) is 0.524. The van der Waals surface area contributed by atoms with Gasteiger partial charge in [0.05, 0.1) is 0 Å². The summed E-state index contributed by atoms with van der Waals surface area (Å²) in [6.07, 6.45) is 0.286.